The molecule has 0 aliphatic carbocycles. The third kappa shape index (κ3) is 2.01. The van der Waals surface area contributed by atoms with Crippen molar-refractivity contribution >= 4 is 17.1 Å². The molecule has 2 aromatic rings. The largest absolute Gasteiger partial charge is 0.394 e. The van der Waals surface area contributed by atoms with Crippen LogP contribution in [0.2, 0.25) is 0 Å². The molecule has 3 heterocycles. The summed E-state index contributed by atoms with van der Waals surface area (Å²) < 4.78 is 8.45. The Morgan fingerprint density at radius 2 is 1.87 bits per heavy atom. The molecule has 11 heteroatoms. The minimum Gasteiger partial charge on any atom is -0.394 e. The molecule has 1 fully saturated rings. The summed E-state index contributed by atoms with van der Waals surface area (Å²) in [7, 11) is 2.79. The Balaban J connectivity index is 2.30. The van der Waals surface area contributed by atoms with Gasteiger partial charge in [0.25, 0.3) is 5.56 Å². The molecule has 1 aliphatic heterocycles. The van der Waals surface area contributed by atoms with Gasteiger partial charge in [-0.1, -0.05) is 0 Å². The van der Waals surface area contributed by atoms with Crippen LogP contribution in [0.15, 0.2) is 9.59 Å². The number of nitrogens with zero attached hydrogens (tertiary/aromatic N) is 4. The molecule has 5 N–H and O–H groups in total. The van der Waals surface area contributed by atoms with E-state index < -0.39 is 42.4 Å². The van der Waals surface area contributed by atoms with Crippen molar-refractivity contribution in [2.24, 2.45) is 14.1 Å². The van der Waals surface area contributed by atoms with E-state index in [-0.39, 0.29) is 17.1 Å². The molecule has 1 aliphatic rings. The van der Waals surface area contributed by atoms with Crippen LogP contribution in [0.3, 0.4) is 0 Å². The second kappa shape index (κ2) is 5.16. The van der Waals surface area contributed by atoms with Crippen LogP contribution in [0.1, 0.15) is 6.23 Å². The lowest BCUT2D eigenvalue weighted by atomic mass is 10.1. The van der Waals surface area contributed by atoms with E-state index in [1.54, 1.807) is 0 Å². The summed E-state index contributed by atoms with van der Waals surface area (Å²) >= 11 is 0. The summed E-state index contributed by atoms with van der Waals surface area (Å²) in [5.41, 5.74) is 4.40. The van der Waals surface area contributed by atoms with Crippen molar-refractivity contribution in [1.82, 2.24) is 18.7 Å². The third-order valence-corrected chi connectivity index (χ3v) is 4.11. The van der Waals surface area contributed by atoms with Crippen molar-refractivity contribution in [1.29, 1.82) is 0 Å². The van der Waals surface area contributed by atoms with E-state index in [9.17, 15) is 19.8 Å². The van der Waals surface area contributed by atoms with E-state index in [0.717, 1.165) is 13.7 Å². The minimum absolute atomic E-state index is 0.00978. The lowest BCUT2D eigenvalue weighted by Gasteiger charge is -2.15. The van der Waals surface area contributed by atoms with Crippen LogP contribution in [-0.4, -0.2) is 58.9 Å². The van der Waals surface area contributed by atoms with Gasteiger partial charge in [0.05, 0.1) is 6.61 Å². The summed E-state index contributed by atoms with van der Waals surface area (Å²) in [6, 6.07) is 0. The second-order valence-electron chi connectivity index (χ2n) is 5.45. The molecule has 3 rings (SSSR count). The van der Waals surface area contributed by atoms with Crippen LogP contribution in [0.25, 0.3) is 11.2 Å². The maximum Gasteiger partial charge on any atom is 0.332 e. The fourth-order valence-electron chi connectivity index (χ4n) is 2.73. The molecule has 0 spiro atoms. The highest BCUT2D eigenvalue weighted by Gasteiger charge is 2.45. The van der Waals surface area contributed by atoms with Crippen molar-refractivity contribution < 1.29 is 20.1 Å². The lowest BCUT2D eigenvalue weighted by molar-refractivity contribution is -0.0527. The predicted octanol–water partition coefficient (Wildman–Crippen LogP) is -3.37. The number of ether oxygens (including phenoxy) is 1. The van der Waals surface area contributed by atoms with Gasteiger partial charge >= 0.3 is 5.69 Å². The van der Waals surface area contributed by atoms with Crippen molar-refractivity contribution in [2.75, 3.05) is 12.3 Å². The molecule has 0 saturated carbocycles. The number of fused-ring (bicyclic) bond motifs is 1. The topological polar surface area (TPSA) is 158 Å². The van der Waals surface area contributed by atoms with Crippen LogP contribution < -0.4 is 17.0 Å². The molecule has 4 atom stereocenters. The van der Waals surface area contributed by atoms with Crippen LogP contribution in [0.4, 0.5) is 5.95 Å². The normalized spacial score (nSPS) is 27.9. The summed E-state index contributed by atoms with van der Waals surface area (Å²) in [5, 5.41) is 29.1. The van der Waals surface area contributed by atoms with E-state index in [0.29, 0.717) is 0 Å². The van der Waals surface area contributed by atoms with Gasteiger partial charge in [0.2, 0.25) is 5.95 Å². The van der Waals surface area contributed by atoms with E-state index in [1.165, 1.54) is 14.1 Å². The molecule has 0 aromatic carbocycles. The Morgan fingerprint density at radius 1 is 1.22 bits per heavy atom. The van der Waals surface area contributed by atoms with Crippen LogP contribution in [0, 0.1) is 0 Å². The number of aryl methyl sites for hydroxylation is 1. The Morgan fingerprint density at radius 3 is 2.43 bits per heavy atom. The second-order valence-corrected chi connectivity index (χ2v) is 5.45. The molecule has 11 nitrogen and oxygen atoms in total. The Bertz CT molecular complexity index is 883. The average Bonchev–Trinajstić information content (AvgIpc) is 2.93. The van der Waals surface area contributed by atoms with Crippen molar-refractivity contribution in [2.45, 2.75) is 24.5 Å². The Labute approximate surface area is 128 Å². The molecule has 126 valence electrons. The number of rotatable bonds is 2. The molecule has 4 unspecified atom stereocenters. The van der Waals surface area contributed by atoms with Crippen molar-refractivity contribution in [3.05, 3.63) is 20.8 Å². The fourth-order valence-corrected chi connectivity index (χ4v) is 2.73. The third-order valence-electron chi connectivity index (χ3n) is 4.11. The van der Waals surface area contributed by atoms with Crippen LogP contribution >= 0.6 is 0 Å². The first kappa shape index (κ1) is 15.7. The van der Waals surface area contributed by atoms with E-state index in [2.05, 4.69) is 4.98 Å². The van der Waals surface area contributed by atoms with Crippen LogP contribution in [0.5, 0.6) is 0 Å². The highest BCUT2D eigenvalue weighted by molar-refractivity contribution is 5.72. The zero-order valence-corrected chi connectivity index (χ0v) is 12.4. The monoisotopic (exact) mass is 327 g/mol. The van der Waals surface area contributed by atoms with E-state index in [1.807, 2.05) is 0 Å². The SMILES string of the molecule is Cn1c(N)nc2c(c1=O)n(C)c(=O)n2C1OC(CO)C(O)C1O. The molecule has 0 amide bonds. The number of aliphatic hydroxyl groups is 3. The van der Waals surface area contributed by atoms with Gasteiger partial charge in [-0.2, -0.15) is 4.98 Å². The van der Waals surface area contributed by atoms with Gasteiger partial charge in [-0.3, -0.25) is 13.9 Å². The minimum atomic E-state index is -1.47. The average molecular weight is 327 g/mol. The summed E-state index contributed by atoms with van der Waals surface area (Å²) in [6.07, 6.45) is -5.20. The fraction of sp³-hybridized carbons (Fsp3) is 0.583. The van der Waals surface area contributed by atoms with Gasteiger partial charge in [-0.05, 0) is 0 Å². The van der Waals surface area contributed by atoms with E-state index in [4.69, 9.17) is 15.6 Å². The van der Waals surface area contributed by atoms with Gasteiger partial charge in [0, 0.05) is 14.1 Å². The predicted molar refractivity (Wildman–Crippen MR) is 77.6 cm³/mol. The number of hydrogen-bond donors (Lipinski definition) is 4. The quantitative estimate of drug-likeness (QED) is 0.445. The van der Waals surface area contributed by atoms with Crippen molar-refractivity contribution in [3.8, 4) is 0 Å². The maximum absolute atomic E-state index is 12.5. The number of nitrogen functional groups attached to an aromatic ring is 1. The zero-order valence-electron chi connectivity index (χ0n) is 12.4. The smallest absolute Gasteiger partial charge is 0.332 e. The van der Waals surface area contributed by atoms with Crippen molar-refractivity contribution in [3.63, 3.8) is 0 Å². The zero-order chi connectivity index (χ0) is 17.0. The number of nitrogens with two attached hydrogens (primary N) is 1. The summed E-state index contributed by atoms with van der Waals surface area (Å²) in [6.45, 7) is -0.536. The molecule has 2 aromatic heterocycles. The Hall–Kier alpha value is -2.21. The maximum atomic E-state index is 12.5. The van der Waals surface area contributed by atoms with Gasteiger partial charge in [-0.25, -0.2) is 9.36 Å². The Kier molecular flexibility index (Phi) is 3.52. The first-order valence-corrected chi connectivity index (χ1v) is 6.85. The highest BCUT2D eigenvalue weighted by Crippen LogP contribution is 2.30. The number of anilines is 1. The summed E-state index contributed by atoms with van der Waals surface area (Å²) in [4.78, 5) is 28.8. The van der Waals surface area contributed by atoms with Crippen LogP contribution in [-0.2, 0) is 18.8 Å². The molecule has 23 heavy (non-hydrogen) atoms. The first-order valence-electron chi connectivity index (χ1n) is 6.85. The first-order chi connectivity index (χ1) is 10.8. The van der Waals surface area contributed by atoms with Gasteiger partial charge in [0.1, 0.15) is 18.3 Å². The number of hydrogen-bond acceptors (Lipinski definition) is 8. The molecular formula is C12H17N5O6. The standard InChI is InChI=1S/C12H17N5O6/c1-15-5-8(14-11(13)16(2)9(5)21)17(12(15)22)10-7(20)6(19)4(3-18)23-10/h4,6-7,10,18-20H,3H2,1-2H3,(H2,13,14). The van der Waals surface area contributed by atoms with Gasteiger partial charge in [-0.15, -0.1) is 0 Å². The van der Waals surface area contributed by atoms with Gasteiger partial charge < -0.3 is 25.8 Å². The molecule has 0 radical (unpaired) electrons. The number of aromatic nitrogens is 4. The van der Waals surface area contributed by atoms with E-state index >= 15 is 0 Å². The van der Waals surface area contributed by atoms with Gasteiger partial charge in [0.15, 0.2) is 17.4 Å². The number of imidazole rings is 1. The highest BCUT2D eigenvalue weighted by atomic mass is 16.6. The number of aliphatic hydroxyl groups excluding tert-OH is 3. The summed E-state index contributed by atoms with van der Waals surface area (Å²) in [5.74, 6) is -0.117. The molecule has 0 bridgehead atoms. The lowest BCUT2D eigenvalue weighted by Crippen LogP contribution is -2.35. The molecular weight excluding hydrogens is 310 g/mol. The molecule has 1 saturated heterocycles.